The monoisotopic (exact) mass is 222 g/mol. The molecule has 1 aliphatic carbocycles. The van der Waals surface area contributed by atoms with Gasteiger partial charge in [-0.25, -0.2) is 9.97 Å². The molecule has 0 saturated heterocycles. The molecule has 0 bridgehead atoms. The summed E-state index contributed by atoms with van der Waals surface area (Å²) in [7, 11) is 1.83. The molecule has 0 radical (unpaired) electrons. The Hall–Kier alpha value is -1.36. The van der Waals surface area contributed by atoms with Crippen molar-refractivity contribution in [2.24, 2.45) is 5.92 Å². The minimum Gasteiger partial charge on any atom is -0.393 e. The molecule has 1 aliphatic rings. The van der Waals surface area contributed by atoms with Gasteiger partial charge in [-0.1, -0.05) is 0 Å². The van der Waals surface area contributed by atoms with Gasteiger partial charge >= 0.3 is 0 Å². The van der Waals surface area contributed by atoms with Gasteiger partial charge in [-0.05, 0) is 25.2 Å². The second-order valence-electron chi connectivity index (χ2n) is 4.25. The van der Waals surface area contributed by atoms with Crippen molar-refractivity contribution in [2.45, 2.75) is 25.4 Å². The zero-order valence-corrected chi connectivity index (χ0v) is 9.48. The molecular weight excluding hydrogens is 204 g/mol. The lowest BCUT2D eigenvalue weighted by Crippen LogP contribution is -2.13. The van der Waals surface area contributed by atoms with Crippen LogP contribution in [0, 0.1) is 5.92 Å². The fourth-order valence-electron chi connectivity index (χ4n) is 2.07. The van der Waals surface area contributed by atoms with Gasteiger partial charge in [0.15, 0.2) is 0 Å². The Bertz CT molecular complexity index is 345. The highest BCUT2D eigenvalue weighted by molar-refractivity contribution is 5.45. The standard InChI is InChI=1S/C11H18N4O/c1-12-10-5-11(15-7-14-10)13-6-8-2-3-9(16)4-8/h5,7-9,16H,2-4,6H2,1H3,(H2,12,13,14,15). The summed E-state index contributed by atoms with van der Waals surface area (Å²) >= 11 is 0. The van der Waals surface area contributed by atoms with Crippen molar-refractivity contribution >= 4 is 11.6 Å². The van der Waals surface area contributed by atoms with Gasteiger partial charge in [-0.3, -0.25) is 0 Å². The van der Waals surface area contributed by atoms with Crippen LogP contribution in [0.25, 0.3) is 0 Å². The number of anilines is 2. The summed E-state index contributed by atoms with van der Waals surface area (Å²) in [6.07, 6.45) is 4.36. The van der Waals surface area contributed by atoms with Crippen molar-refractivity contribution in [2.75, 3.05) is 24.2 Å². The maximum atomic E-state index is 9.42. The van der Waals surface area contributed by atoms with Crippen molar-refractivity contribution in [3.8, 4) is 0 Å². The fraction of sp³-hybridized carbons (Fsp3) is 0.636. The summed E-state index contributed by atoms with van der Waals surface area (Å²) in [5.74, 6) is 2.20. The van der Waals surface area contributed by atoms with Gasteiger partial charge in [-0.2, -0.15) is 0 Å². The third kappa shape index (κ3) is 2.82. The molecule has 1 aromatic heterocycles. The third-order valence-electron chi connectivity index (χ3n) is 3.01. The van der Waals surface area contributed by atoms with E-state index in [4.69, 9.17) is 0 Å². The van der Waals surface area contributed by atoms with E-state index in [0.29, 0.717) is 5.92 Å². The normalized spacial score (nSPS) is 24.4. The Balaban J connectivity index is 1.84. The number of aliphatic hydroxyl groups excluding tert-OH is 1. The molecule has 5 heteroatoms. The number of aliphatic hydroxyl groups is 1. The van der Waals surface area contributed by atoms with E-state index in [0.717, 1.165) is 37.4 Å². The topological polar surface area (TPSA) is 70.1 Å². The van der Waals surface area contributed by atoms with E-state index in [-0.39, 0.29) is 6.10 Å². The molecule has 0 aliphatic heterocycles. The molecule has 1 fully saturated rings. The summed E-state index contributed by atoms with van der Waals surface area (Å²) in [5, 5.41) is 15.7. The van der Waals surface area contributed by atoms with Crippen LogP contribution in [0.3, 0.4) is 0 Å². The van der Waals surface area contributed by atoms with E-state index in [1.54, 1.807) is 0 Å². The van der Waals surface area contributed by atoms with Gasteiger partial charge in [0.2, 0.25) is 0 Å². The zero-order chi connectivity index (χ0) is 11.4. The van der Waals surface area contributed by atoms with Gasteiger partial charge < -0.3 is 15.7 Å². The lowest BCUT2D eigenvalue weighted by atomic mass is 10.1. The molecule has 1 heterocycles. The minimum absolute atomic E-state index is 0.106. The molecule has 1 aromatic rings. The highest BCUT2D eigenvalue weighted by Gasteiger charge is 2.22. The van der Waals surface area contributed by atoms with Crippen molar-refractivity contribution in [3.05, 3.63) is 12.4 Å². The molecule has 88 valence electrons. The molecule has 1 saturated carbocycles. The Labute approximate surface area is 95.3 Å². The minimum atomic E-state index is -0.106. The first-order chi connectivity index (χ1) is 7.78. The molecule has 2 unspecified atom stereocenters. The van der Waals surface area contributed by atoms with Crippen molar-refractivity contribution in [3.63, 3.8) is 0 Å². The van der Waals surface area contributed by atoms with Crippen molar-refractivity contribution in [1.82, 2.24) is 9.97 Å². The van der Waals surface area contributed by atoms with E-state index in [2.05, 4.69) is 20.6 Å². The van der Waals surface area contributed by atoms with Gasteiger partial charge in [0.25, 0.3) is 0 Å². The van der Waals surface area contributed by atoms with E-state index in [1.807, 2.05) is 13.1 Å². The quantitative estimate of drug-likeness (QED) is 0.711. The maximum Gasteiger partial charge on any atom is 0.131 e. The molecule has 0 spiro atoms. The van der Waals surface area contributed by atoms with Crippen LogP contribution >= 0.6 is 0 Å². The zero-order valence-electron chi connectivity index (χ0n) is 9.48. The lowest BCUT2D eigenvalue weighted by Gasteiger charge is -2.11. The predicted molar refractivity (Wildman–Crippen MR) is 63.4 cm³/mol. The summed E-state index contributed by atoms with van der Waals surface area (Å²) in [6, 6.07) is 1.88. The van der Waals surface area contributed by atoms with Gasteiger partial charge in [0.1, 0.15) is 18.0 Å². The second-order valence-corrected chi connectivity index (χ2v) is 4.25. The van der Waals surface area contributed by atoms with Crippen LogP contribution in [0.4, 0.5) is 11.6 Å². The highest BCUT2D eigenvalue weighted by Crippen LogP contribution is 2.25. The molecule has 3 N–H and O–H groups in total. The Morgan fingerprint density at radius 3 is 2.88 bits per heavy atom. The lowest BCUT2D eigenvalue weighted by molar-refractivity contribution is 0.178. The number of aromatic nitrogens is 2. The summed E-state index contributed by atoms with van der Waals surface area (Å²) < 4.78 is 0. The first-order valence-corrected chi connectivity index (χ1v) is 5.69. The Kier molecular flexibility index (Phi) is 3.56. The Morgan fingerprint density at radius 1 is 1.38 bits per heavy atom. The number of nitrogens with one attached hydrogen (secondary N) is 2. The van der Waals surface area contributed by atoms with Crippen LogP contribution in [0.2, 0.25) is 0 Å². The first kappa shape index (κ1) is 11.1. The van der Waals surface area contributed by atoms with Crippen molar-refractivity contribution < 1.29 is 5.11 Å². The molecular formula is C11H18N4O. The van der Waals surface area contributed by atoms with Gasteiger partial charge in [0.05, 0.1) is 6.10 Å². The van der Waals surface area contributed by atoms with Crippen LogP contribution < -0.4 is 10.6 Å². The van der Waals surface area contributed by atoms with Crippen LogP contribution in [0.5, 0.6) is 0 Å². The maximum absolute atomic E-state index is 9.42. The number of nitrogens with zero attached hydrogens (tertiary/aromatic N) is 2. The van der Waals surface area contributed by atoms with Crippen LogP contribution in [0.1, 0.15) is 19.3 Å². The van der Waals surface area contributed by atoms with Crippen LogP contribution in [-0.2, 0) is 0 Å². The largest absolute Gasteiger partial charge is 0.393 e. The van der Waals surface area contributed by atoms with Crippen LogP contribution in [-0.4, -0.2) is 34.8 Å². The number of hydrogen-bond donors (Lipinski definition) is 3. The summed E-state index contributed by atoms with van der Waals surface area (Å²) in [5.41, 5.74) is 0. The predicted octanol–water partition coefficient (Wildman–Crippen LogP) is 1.09. The summed E-state index contributed by atoms with van der Waals surface area (Å²) in [6.45, 7) is 0.872. The second kappa shape index (κ2) is 5.12. The molecule has 16 heavy (non-hydrogen) atoms. The average molecular weight is 222 g/mol. The SMILES string of the molecule is CNc1cc(NCC2CCC(O)C2)ncn1. The average Bonchev–Trinajstić information content (AvgIpc) is 2.73. The number of rotatable bonds is 4. The number of hydrogen-bond acceptors (Lipinski definition) is 5. The molecule has 2 rings (SSSR count). The van der Waals surface area contributed by atoms with Crippen molar-refractivity contribution in [1.29, 1.82) is 0 Å². The van der Waals surface area contributed by atoms with E-state index in [9.17, 15) is 5.11 Å². The molecule has 0 aromatic carbocycles. The molecule has 5 nitrogen and oxygen atoms in total. The van der Waals surface area contributed by atoms with Crippen LogP contribution in [0.15, 0.2) is 12.4 Å². The molecule has 0 amide bonds. The first-order valence-electron chi connectivity index (χ1n) is 5.69. The van der Waals surface area contributed by atoms with Gasteiger partial charge in [0, 0.05) is 19.7 Å². The molecule has 2 atom stereocenters. The fourth-order valence-corrected chi connectivity index (χ4v) is 2.07. The van der Waals surface area contributed by atoms with E-state index >= 15 is 0 Å². The van der Waals surface area contributed by atoms with E-state index in [1.165, 1.54) is 6.33 Å². The smallest absolute Gasteiger partial charge is 0.131 e. The summed E-state index contributed by atoms with van der Waals surface area (Å²) in [4.78, 5) is 8.19. The third-order valence-corrected chi connectivity index (χ3v) is 3.01. The highest BCUT2D eigenvalue weighted by atomic mass is 16.3. The Morgan fingerprint density at radius 2 is 2.19 bits per heavy atom. The van der Waals surface area contributed by atoms with E-state index < -0.39 is 0 Å². The van der Waals surface area contributed by atoms with Gasteiger partial charge in [-0.15, -0.1) is 0 Å².